The van der Waals surface area contributed by atoms with Crippen molar-refractivity contribution < 1.29 is 9.90 Å². The SMILES string of the molecule is CN(Cc1nc2ccccc2c(=O)[nH]1)C(=O)c1ccc(O)c(Cl)c1. The number of amides is 1. The molecule has 7 heteroatoms. The molecule has 0 aliphatic heterocycles. The lowest BCUT2D eigenvalue weighted by atomic mass is 10.2. The van der Waals surface area contributed by atoms with Gasteiger partial charge >= 0.3 is 0 Å². The monoisotopic (exact) mass is 343 g/mol. The number of nitrogens with one attached hydrogen (secondary N) is 1. The van der Waals surface area contributed by atoms with E-state index in [2.05, 4.69) is 9.97 Å². The summed E-state index contributed by atoms with van der Waals surface area (Å²) >= 11 is 5.83. The van der Waals surface area contributed by atoms with Crippen LogP contribution in [0.3, 0.4) is 0 Å². The fourth-order valence-corrected chi connectivity index (χ4v) is 2.55. The predicted molar refractivity (Wildman–Crippen MR) is 91.3 cm³/mol. The molecule has 1 aromatic heterocycles. The molecular formula is C17H14ClN3O3. The zero-order valence-corrected chi connectivity index (χ0v) is 13.5. The van der Waals surface area contributed by atoms with E-state index in [9.17, 15) is 14.7 Å². The van der Waals surface area contributed by atoms with Crippen molar-refractivity contribution in [2.45, 2.75) is 6.54 Å². The number of aromatic amines is 1. The highest BCUT2D eigenvalue weighted by atomic mass is 35.5. The van der Waals surface area contributed by atoms with Crippen molar-refractivity contribution in [2.75, 3.05) is 7.05 Å². The molecule has 6 nitrogen and oxygen atoms in total. The van der Waals surface area contributed by atoms with E-state index in [4.69, 9.17) is 11.6 Å². The van der Waals surface area contributed by atoms with Gasteiger partial charge in [-0.3, -0.25) is 9.59 Å². The van der Waals surface area contributed by atoms with Crippen LogP contribution in [0.25, 0.3) is 10.9 Å². The van der Waals surface area contributed by atoms with Crippen molar-refractivity contribution in [3.05, 3.63) is 69.2 Å². The van der Waals surface area contributed by atoms with Crippen LogP contribution < -0.4 is 5.56 Å². The third-order valence-electron chi connectivity index (χ3n) is 3.59. The first-order chi connectivity index (χ1) is 11.5. The van der Waals surface area contributed by atoms with Gasteiger partial charge in [0, 0.05) is 12.6 Å². The average molecular weight is 344 g/mol. The normalized spacial score (nSPS) is 10.8. The highest BCUT2D eigenvalue weighted by molar-refractivity contribution is 6.32. The minimum Gasteiger partial charge on any atom is -0.506 e. The Hall–Kier alpha value is -2.86. The van der Waals surface area contributed by atoms with Gasteiger partial charge in [0.25, 0.3) is 11.5 Å². The van der Waals surface area contributed by atoms with Crippen molar-refractivity contribution in [3.63, 3.8) is 0 Å². The summed E-state index contributed by atoms with van der Waals surface area (Å²) in [4.78, 5) is 32.9. The quantitative estimate of drug-likeness (QED) is 0.765. The maximum absolute atomic E-state index is 12.4. The number of carbonyl (C=O) groups excluding carboxylic acids is 1. The lowest BCUT2D eigenvalue weighted by molar-refractivity contribution is 0.0781. The molecule has 0 aliphatic rings. The Labute approximate surface area is 142 Å². The van der Waals surface area contributed by atoms with E-state index in [1.807, 2.05) is 0 Å². The molecule has 2 aromatic carbocycles. The van der Waals surface area contributed by atoms with Gasteiger partial charge in [-0.15, -0.1) is 0 Å². The second-order valence-electron chi connectivity index (χ2n) is 5.36. The molecule has 2 N–H and O–H groups in total. The molecule has 122 valence electrons. The zero-order chi connectivity index (χ0) is 17.3. The number of rotatable bonds is 3. The zero-order valence-electron chi connectivity index (χ0n) is 12.8. The number of hydrogen-bond donors (Lipinski definition) is 2. The highest BCUT2D eigenvalue weighted by Crippen LogP contribution is 2.24. The molecule has 0 saturated heterocycles. The molecule has 0 saturated carbocycles. The van der Waals surface area contributed by atoms with E-state index in [0.29, 0.717) is 22.3 Å². The van der Waals surface area contributed by atoms with Crippen molar-refractivity contribution in [1.82, 2.24) is 14.9 Å². The molecule has 0 spiro atoms. The van der Waals surface area contributed by atoms with E-state index in [1.165, 1.54) is 23.1 Å². The molecule has 1 heterocycles. The van der Waals surface area contributed by atoms with E-state index in [0.717, 1.165) is 0 Å². The number of para-hydroxylation sites is 1. The topological polar surface area (TPSA) is 86.3 Å². The second-order valence-corrected chi connectivity index (χ2v) is 5.76. The van der Waals surface area contributed by atoms with Crippen LogP contribution in [0.1, 0.15) is 16.2 Å². The van der Waals surface area contributed by atoms with Crippen LogP contribution in [-0.4, -0.2) is 32.9 Å². The summed E-state index contributed by atoms with van der Waals surface area (Å²) < 4.78 is 0. The summed E-state index contributed by atoms with van der Waals surface area (Å²) in [5.41, 5.74) is 0.664. The Kier molecular flexibility index (Phi) is 4.22. The number of aromatic nitrogens is 2. The maximum Gasteiger partial charge on any atom is 0.258 e. The second kappa shape index (κ2) is 6.33. The number of nitrogens with zero attached hydrogens (tertiary/aromatic N) is 2. The average Bonchev–Trinajstić information content (AvgIpc) is 2.56. The molecule has 3 rings (SSSR count). The number of benzene rings is 2. The third kappa shape index (κ3) is 3.09. The largest absolute Gasteiger partial charge is 0.506 e. The minimum atomic E-state index is -0.298. The summed E-state index contributed by atoms with van der Waals surface area (Å²) in [6.45, 7) is 0.136. The van der Waals surface area contributed by atoms with Crippen molar-refractivity contribution >= 4 is 28.4 Å². The Morgan fingerprint density at radius 1 is 1.29 bits per heavy atom. The van der Waals surface area contributed by atoms with Crippen LogP contribution in [0.2, 0.25) is 5.02 Å². The number of hydrogen-bond acceptors (Lipinski definition) is 4. The first kappa shape index (κ1) is 16.0. The lowest BCUT2D eigenvalue weighted by Gasteiger charge is -2.17. The molecule has 0 aliphatic carbocycles. The first-order valence-electron chi connectivity index (χ1n) is 7.17. The summed E-state index contributed by atoms with van der Waals surface area (Å²) in [7, 11) is 1.60. The fraction of sp³-hybridized carbons (Fsp3) is 0.118. The van der Waals surface area contributed by atoms with Gasteiger partial charge in [-0.05, 0) is 30.3 Å². The summed E-state index contributed by atoms with van der Waals surface area (Å²) in [6, 6.07) is 11.2. The number of aromatic hydroxyl groups is 1. The maximum atomic E-state index is 12.4. The van der Waals surface area contributed by atoms with Crippen LogP contribution in [0, 0.1) is 0 Å². The summed E-state index contributed by atoms with van der Waals surface area (Å²) in [5, 5.41) is 10.0. The standard InChI is InChI=1S/C17H14ClN3O3/c1-21(17(24)10-6-7-14(22)12(18)8-10)9-15-19-13-5-3-2-4-11(13)16(23)20-15/h2-8,22H,9H2,1H3,(H,19,20,23). The molecule has 0 unspecified atom stereocenters. The third-order valence-corrected chi connectivity index (χ3v) is 3.89. The van der Waals surface area contributed by atoms with Gasteiger partial charge < -0.3 is 15.0 Å². The van der Waals surface area contributed by atoms with Crippen molar-refractivity contribution in [2.24, 2.45) is 0 Å². The van der Waals surface area contributed by atoms with Gasteiger partial charge in [-0.25, -0.2) is 4.98 Å². The van der Waals surface area contributed by atoms with Crippen LogP contribution >= 0.6 is 11.6 Å². The smallest absolute Gasteiger partial charge is 0.258 e. The fourth-order valence-electron chi connectivity index (χ4n) is 2.37. The van der Waals surface area contributed by atoms with Gasteiger partial charge in [-0.1, -0.05) is 23.7 Å². The minimum absolute atomic E-state index is 0.0867. The van der Waals surface area contributed by atoms with E-state index in [-0.39, 0.29) is 28.8 Å². The number of phenols is 1. The number of halogens is 1. The lowest BCUT2D eigenvalue weighted by Crippen LogP contribution is -2.28. The number of carbonyl (C=O) groups is 1. The molecule has 0 fully saturated rings. The molecule has 1 amide bonds. The molecular weight excluding hydrogens is 330 g/mol. The van der Waals surface area contributed by atoms with E-state index < -0.39 is 0 Å². The first-order valence-corrected chi connectivity index (χ1v) is 7.55. The van der Waals surface area contributed by atoms with E-state index in [1.54, 1.807) is 31.3 Å². The Bertz CT molecular complexity index is 984. The van der Waals surface area contributed by atoms with Gasteiger partial charge in [0.05, 0.1) is 22.5 Å². The van der Waals surface area contributed by atoms with Crippen LogP contribution in [0.4, 0.5) is 0 Å². The molecule has 3 aromatic rings. The van der Waals surface area contributed by atoms with Gasteiger partial charge in [0.1, 0.15) is 11.6 Å². The molecule has 24 heavy (non-hydrogen) atoms. The molecule has 0 atom stereocenters. The van der Waals surface area contributed by atoms with Crippen molar-refractivity contribution in [3.8, 4) is 5.75 Å². The Morgan fingerprint density at radius 2 is 2.04 bits per heavy atom. The van der Waals surface area contributed by atoms with Crippen LogP contribution in [0.15, 0.2) is 47.3 Å². The van der Waals surface area contributed by atoms with E-state index >= 15 is 0 Å². The highest BCUT2D eigenvalue weighted by Gasteiger charge is 2.15. The van der Waals surface area contributed by atoms with Crippen LogP contribution in [0.5, 0.6) is 5.75 Å². The number of phenolic OH excluding ortho intramolecular Hbond substituents is 1. The Balaban J connectivity index is 1.86. The van der Waals surface area contributed by atoms with Crippen LogP contribution in [-0.2, 0) is 6.54 Å². The molecule has 0 bridgehead atoms. The molecule has 0 radical (unpaired) electrons. The van der Waals surface area contributed by atoms with Crippen molar-refractivity contribution in [1.29, 1.82) is 0 Å². The summed E-state index contributed by atoms with van der Waals surface area (Å²) in [6.07, 6.45) is 0. The van der Waals surface area contributed by atoms with Gasteiger partial charge in [-0.2, -0.15) is 0 Å². The van der Waals surface area contributed by atoms with Gasteiger partial charge in [0.15, 0.2) is 0 Å². The predicted octanol–water partition coefficient (Wildman–Crippen LogP) is 2.55. The van der Waals surface area contributed by atoms with Gasteiger partial charge in [0.2, 0.25) is 0 Å². The summed E-state index contributed by atoms with van der Waals surface area (Å²) in [5.74, 6) is 0.00327. The number of H-pyrrole nitrogens is 1. The Morgan fingerprint density at radius 3 is 2.79 bits per heavy atom. The number of fused-ring (bicyclic) bond motifs is 1.